The third-order valence-corrected chi connectivity index (χ3v) is 3.63. The monoisotopic (exact) mass is 265 g/mol. The van der Waals surface area contributed by atoms with E-state index in [1.54, 1.807) is 6.20 Å². The molecule has 1 saturated heterocycles. The number of hydrogen-bond acceptors (Lipinski definition) is 4. The Morgan fingerprint density at radius 1 is 1.50 bits per heavy atom. The van der Waals surface area contributed by atoms with Gasteiger partial charge in [0.15, 0.2) is 0 Å². The smallest absolute Gasteiger partial charge is 0.139 e. The maximum Gasteiger partial charge on any atom is 0.139 e. The molecule has 0 spiro atoms. The predicted octanol–water partition coefficient (Wildman–Crippen LogP) is 1.46. The van der Waals surface area contributed by atoms with E-state index in [0.717, 1.165) is 37.2 Å². The summed E-state index contributed by atoms with van der Waals surface area (Å²) in [5, 5.41) is 9.54. The van der Waals surface area contributed by atoms with Crippen molar-refractivity contribution in [3.05, 3.63) is 23.9 Å². The van der Waals surface area contributed by atoms with Gasteiger partial charge in [-0.25, -0.2) is 4.98 Å². The highest BCUT2D eigenvalue weighted by molar-refractivity contribution is 7.80. The van der Waals surface area contributed by atoms with Crippen LogP contribution in [-0.2, 0) is 0 Å². The van der Waals surface area contributed by atoms with Gasteiger partial charge in [0.05, 0.1) is 18.2 Å². The minimum Gasteiger partial charge on any atom is -0.394 e. The lowest BCUT2D eigenvalue weighted by atomic mass is 10.1. The first-order valence-electron chi connectivity index (χ1n) is 6.36. The maximum absolute atomic E-state index is 9.54. The molecule has 1 aliphatic rings. The molecule has 0 radical (unpaired) electrons. The van der Waals surface area contributed by atoms with Crippen molar-refractivity contribution in [2.75, 3.05) is 18.1 Å². The number of aromatic nitrogens is 1. The summed E-state index contributed by atoms with van der Waals surface area (Å²) in [6, 6.07) is 3.85. The molecule has 5 heteroatoms. The lowest BCUT2D eigenvalue weighted by molar-refractivity contribution is 0.254. The highest BCUT2D eigenvalue weighted by Crippen LogP contribution is 2.25. The lowest BCUT2D eigenvalue weighted by Crippen LogP contribution is -2.39. The van der Waals surface area contributed by atoms with Crippen LogP contribution in [0.2, 0.25) is 0 Å². The van der Waals surface area contributed by atoms with Crippen LogP contribution in [0, 0.1) is 0 Å². The first-order valence-corrected chi connectivity index (χ1v) is 6.77. The van der Waals surface area contributed by atoms with Gasteiger partial charge < -0.3 is 15.7 Å². The van der Waals surface area contributed by atoms with Crippen molar-refractivity contribution in [1.82, 2.24) is 4.98 Å². The van der Waals surface area contributed by atoms with Gasteiger partial charge in [-0.15, -0.1) is 0 Å². The lowest BCUT2D eigenvalue weighted by Gasteiger charge is -2.31. The fourth-order valence-electron chi connectivity index (χ4n) is 2.46. The molecule has 98 valence electrons. The molecule has 1 unspecified atom stereocenters. The van der Waals surface area contributed by atoms with Crippen LogP contribution in [0.1, 0.15) is 31.2 Å². The number of pyridine rings is 1. The summed E-state index contributed by atoms with van der Waals surface area (Å²) in [5.74, 6) is 0.811. The molecule has 0 bridgehead atoms. The third kappa shape index (κ3) is 2.79. The van der Waals surface area contributed by atoms with Gasteiger partial charge in [-0.3, -0.25) is 0 Å². The number of aliphatic hydroxyl groups is 1. The number of hydrogen-bond donors (Lipinski definition) is 2. The fraction of sp³-hybridized carbons (Fsp3) is 0.538. The highest BCUT2D eigenvalue weighted by Gasteiger charge is 2.23. The van der Waals surface area contributed by atoms with Crippen LogP contribution < -0.4 is 10.6 Å². The van der Waals surface area contributed by atoms with Crippen molar-refractivity contribution in [3.8, 4) is 0 Å². The quantitative estimate of drug-likeness (QED) is 0.810. The number of aliphatic hydroxyl groups excluding tert-OH is 1. The Labute approximate surface area is 113 Å². The van der Waals surface area contributed by atoms with Gasteiger partial charge in [-0.1, -0.05) is 25.1 Å². The third-order valence-electron chi connectivity index (χ3n) is 3.41. The molecule has 1 aromatic rings. The van der Waals surface area contributed by atoms with Crippen molar-refractivity contribution >= 4 is 23.0 Å². The van der Waals surface area contributed by atoms with E-state index < -0.39 is 0 Å². The molecular formula is C13H19N3OS. The molecule has 18 heavy (non-hydrogen) atoms. The van der Waals surface area contributed by atoms with Crippen LogP contribution in [0.25, 0.3) is 0 Å². The average molecular weight is 265 g/mol. The second kappa shape index (κ2) is 6.11. The zero-order valence-electron chi connectivity index (χ0n) is 10.4. The first-order chi connectivity index (χ1) is 8.74. The van der Waals surface area contributed by atoms with Gasteiger partial charge in [0.2, 0.25) is 0 Å². The Kier molecular flexibility index (Phi) is 4.49. The Hall–Kier alpha value is -1.20. The summed E-state index contributed by atoms with van der Waals surface area (Å²) in [4.78, 5) is 6.93. The van der Waals surface area contributed by atoms with E-state index in [4.69, 9.17) is 18.0 Å². The number of nitrogens with zero attached hydrogens (tertiary/aromatic N) is 2. The predicted molar refractivity (Wildman–Crippen MR) is 76.8 cm³/mol. The van der Waals surface area contributed by atoms with E-state index in [2.05, 4.69) is 9.88 Å². The van der Waals surface area contributed by atoms with Gasteiger partial charge in [-0.05, 0) is 25.0 Å². The van der Waals surface area contributed by atoms with Gasteiger partial charge in [0.1, 0.15) is 10.8 Å². The molecular weight excluding hydrogens is 246 g/mol. The summed E-state index contributed by atoms with van der Waals surface area (Å²) in [6.07, 6.45) is 6.20. The zero-order valence-corrected chi connectivity index (χ0v) is 11.2. The molecule has 0 aromatic carbocycles. The summed E-state index contributed by atoms with van der Waals surface area (Å²) >= 11 is 5.08. The second-order valence-corrected chi connectivity index (χ2v) is 5.06. The molecule has 1 aromatic heterocycles. The highest BCUT2D eigenvalue weighted by atomic mass is 32.1. The van der Waals surface area contributed by atoms with E-state index >= 15 is 0 Å². The van der Waals surface area contributed by atoms with Gasteiger partial charge >= 0.3 is 0 Å². The number of thiocarbonyl (C=S) groups is 1. The first kappa shape index (κ1) is 13.2. The minimum absolute atomic E-state index is 0.121. The molecule has 2 rings (SSSR count). The molecule has 1 atom stereocenters. The Bertz CT molecular complexity index is 424. The van der Waals surface area contributed by atoms with Gasteiger partial charge in [0.25, 0.3) is 0 Å². The molecule has 2 heterocycles. The second-order valence-electron chi connectivity index (χ2n) is 4.62. The van der Waals surface area contributed by atoms with Crippen LogP contribution in [0.15, 0.2) is 18.3 Å². The maximum atomic E-state index is 9.54. The van der Waals surface area contributed by atoms with E-state index in [9.17, 15) is 5.11 Å². The Balaban J connectivity index is 2.35. The van der Waals surface area contributed by atoms with Crippen molar-refractivity contribution < 1.29 is 5.11 Å². The largest absolute Gasteiger partial charge is 0.394 e. The van der Waals surface area contributed by atoms with Crippen LogP contribution >= 0.6 is 12.2 Å². The summed E-state index contributed by atoms with van der Waals surface area (Å²) in [6.45, 7) is 1.05. The summed E-state index contributed by atoms with van der Waals surface area (Å²) < 4.78 is 0. The van der Waals surface area contributed by atoms with Crippen molar-refractivity contribution in [1.29, 1.82) is 0 Å². The van der Waals surface area contributed by atoms with E-state index in [1.165, 1.54) is 6.42 Å². The van der Waals surface area contributed by atoms with Crippen LogP contribution in [0.3, 0.4) is 0 Å². The molecule has 0 saturated carbocycles. The molecule has 1 aliphatic heterocycles. The van der Waals surface area contributed by atoms with Crippen LogP contribution in [0.4, 0.5) is 5.82 Å². The van der Waals surface area contributed by atoms with E-state index in [0.29, 0.717) is 4.99 Å². The average Bonchev–Trinajstić information content (AvgIpc) is 2.63. The van der Waals surface area contributed by atoms with Gasteiger partial charge in [-0.2, -0.15) is 0 Å². The molecule has 3 N–H and O–H groups in total. The minimum atomic E-state index is 0.121. The van der Waals surface area contributed by atoms with Crippen molar-refractivity contribution in [2.24, 2.45) is 5.73 Å². The summed E-state index contributed by atoms with van der Waals surface area (Å²) in [5.41, 5.74) is 6.55. The van der Waals surface area contributed by atoms with Crippen molar-refractivity contribution in [3.63, 3.8) is 0 Å². The SMILES string of the molecule is NC(=S)c1cccnc1N1CCCCCC1CO. The van der Waals surface area contributed by atoms with Gasteiger partial charge in [0, 0.05) is 12.7 Å². The standard InChI is InChI=1S/C13H19N3OS/c14-12(18)11-6-4-7-15-13(11)16-8-3-1-2-5-10(16)9-17/h4,6-7,10,17H,1-3,5,8-9H2,(H2,14,18). The van der Waals surface area contributed by atoms with Crippen LogP contribution in [-0.4, -0.2) is 34.3 Å². The molecule has 1 fully saturated rings. The van der Waals surface area contributed by atoms with E-state index in [-0.39, 0.29) is 12.6 Å². The number of rotatable bonds is 3. The van der Waals surface area contributed by atoms with Crippen molar-refractivity contribution in [2.45, 2.75) is 31.7 Å². The fourth-order valence-corrected chi connectivity index (χ4v) is 2.62. The Morgan fingerprint density at radius 3 is 3.06 bits per heavy atom. The number of nitrogens with two attached hydrogens (primary N) is 1. The van der Waals surface area contributed by atoms with Crippen LogP contribution in [0.5, 0.6) is 0 Å². The number of anilines is 1. The Morgan fingerprint density at radius 2 is 2.33 bits per heavy atom. The zero-order chi connectivity index (χ0) is 13.0. The summed E-state index contributed by atoms with van der Waals surface area (Å²) in [7, 11) is 0. The molecule has 0 amide bonds. The van der Waals surface area contributed by atoms with E-state index in [1.807, 2.05) is 12.1 Å². The topological polar surface area (TPSA) is 62.4 Å². The molecule has 0 aliphatic carbocycles. The normalized spacial score (nSPS) is 20.5. The molecule has 4 nitrogen and oxygen atoms in total.